The first-order chi connectivity index (χ1) is 13.3. The highest BCUT2D eigenvalue weighted by molar-refractivity contribution is 6.11. The van der Waals surface area contributed by atoms with Crippen molar-refractivity contribution in [3.8, 4) is 11.5 Å². The predicted octanol–water partition coefficient (Wildman–Crippen LogP) is 3.21. The Labute approximate surface area is 164 Å². The maximum absolute atomic E-state index is 12.2. The van der Waals surface area contributed by atoms with Gasteiger partial charge in [0.15, 0.2) is 6.61 Å². The Kier molecular flexibility index (Phi) is 5.49. The van der Waals surface area contributed by atoms with Crippen LogP contribution < -0.4 is 14.8 Å². The van der Waals surface area contributed by atoms with Crippen molar-refractivity contribution in [2.75, 3.05) is 13.7 Å². The lowest BCUT2D eigenvalue weighted by Gasteiger charge is -2.34. The first-order valence-corrected chi connectivity index (χ1v) is 9.07. The van der Waals surface area contributed by atoms with E-state index in [0.717, 1.165) is 11.3 Å². The summed E-state index contributed by atoms with van der Waals surface area (Å²) in [4.78, 5) is 28.3. The molecular formula is C22H24N2O4. The Morgan fingerprint density at radius 1 is 1.14 bits per heavy atom. The molecular weight excluding hydrogens is 356 g/mol. The van der Waals surface area contributed by atoms with E-state index in [9.17, 15) is 9.59 Å². The minimum absolute atomic E-state index is 0.0118. The molecule has 0 spiro atoms. The number of allylic oxidation sites excluding steroid dienone is 3. The summed E-state index contributed by atoms with van der Waals surface area (Å²) < 4.78 is 10.5. The topological polar surface area (TPSA) is 77.0 Å². The number of fused-ring (bicyclic) bond motifs is 1. The van der Waals surface area contributed by atoms with Gasteiger partial charge >= 0.3 is 0 Å². The highest BCUT2D eigenvalue weighted by Crippen LogP contribution is 2.38. The Bertz CT molecular complexity index is 899. The maximum Gasteiger partial charge on any atom is 0.284 e. The zero-order valence-electron chi connectivity index (χ0n) is 16.5. The summed E-state index contributed by atoms with van der Waals surface area (Å²) in [6.07, 6.45) is 7.16. The molecule has 2 amide bonds. The van der Waals surface area contributed by atoms with Gasteiger partial charge in [0.2, 0.25) is 5.91 Å². The molecule has 1 aromatic carbocycles. The second kappa shape index (κ2) is 7.84. The number of benzene rings is 1. The number of aliphatic imine (C=N–C) groups is 1. The second-order valence-corrected chi connectivity index (χ2v) is 7.67. The van der Waals surface area contributed by atoms with Gasteiger partial charge in [-0.3, -0.25) is 9.59 Å². The number of methoxy groups -OCH3 is 1. The standard InChI is InChI=1S/C22H24N2O4/c1-22(2,3)18-12-20(25)24-19-11-14(5-10-17(18)19)23-21(26)13-28-16-8-6-15(27-4)7-9-16/h5-12,17H,13H2,1-4H3,(H,24,25). The van der Waals surface area contributed by atoms with Gasteiger partial charge in [0.25, 0.3) is 5.91 Å². The molecule has 6 nitrogen and oxygen atoms in total. The quantitative estimate of drug-likeness (QED) is 0.870. The monoisotopic (exact) mass is 380 g/mol. The van der Waals surface area contributed by atoms with Gasteiger partial charge in [0.05, 0.1) is 12.8 Å². The zero-order valence-corrected chi connectivity index (χ0v) is 16.5. The summed E-state index contributed by atoms with van der Waals surface area (Å²) in [7, 11) is 1.58. The van der Waals surface area contributed by atoms with Crippen LogP contribution in [0.15, 0.2) is 64.8 Å². The average molecular weight is 380 g/mol. The number of nitrogens with zero attached hydrogens (tertiary/aromatic N) is 1. The molecule has 6 heteroatoms. The molecule has 146 valence electrons. The number of ether oxygens (including phenoxy) is 2. The van der Waals surface area contributed by atoms with Gasteiger partial charge in [-0.05, 0) is 47.4 Å². The molecule has 1 unspecified atom stereocenters. The predicted molar refractivity (Wildman–Crippen MR) is 107 cm³/mol. The molecule has 2 aliphatic rings. The fourth-order valence-corrected chi connectivity index (χ4v) is 3.14. The molecule has 1 aliphatic heterocycles. The lowest BCUT2D eigenvalue weighted by atomic mass is 9.74. The van der Waals surface area contributed by atoms with Gasteiger partial charge in [-0.15, -0.1) is 0 Å². The molecule has 0 bridgehead atoms. The largest absolute Gasteiger partial charge is 0.497 e. The number of hydrogen-bond donors (Lipinski definition) is 1. The van der Waals surface area contributed by atoms with E-state index >= 15 is 0 Å². The lowest BCUT2D eigenvalue weighted by molar-refractivity contribution is -0.119. The number of hydrogen-bond acceptors (Lipinski definition) is 4. The van der Waals surface area contributed by atoms with Crippen molar-refractivity contribution in [2.45, 2.75) is 20.8 Å². The average Bonchev–Trinajstić information content (AvgIpc) is 2.65. The summed E-state index contributed by atoms with van der Waals surface area (Å²) in [5, 5.41) is 2.85. The number of nitrogens with one attached hydrogen (secondary N) is 1. The summed E-state index contributed by atoms with van der Waals surface area (Å²) >= 11 is 0. The Balaban J connectivity index is 1.68. The van der Waals surface area contributed by atoms with E-state index in [-0.39, 0.29) is 23.8 Å². The van der Waals surface area contributed by atoms with Crippen molar-refractivity contribution in [3.05, 3.63) is 59.8 Å². The summed E-state index contributed by atoms with van der Waals surface area (Å²) in [5.41, 5.74) is 2.13. The van der Waals surface area contributed by atoms with Crippen LogP contribution in [0.1, 0.15) is 20.8 Å². The fraction of sp³-hybridized carbons (Fsp3) is 0.318. The van der Waals surface area contributed by atoms with Crippen molar-refractivity contribution in [1.29, 1.82) is 0 Å². The SMILES string of the molecule is COc1ccc(OCC(=O)N=C2C=CC3C(=C2)NC(=O)C=C3C(C)(C)C)cc1. The highest BCUT2D eigenvalue weighted by Gasteiger charge is 2.32. The van der Waals surface area contributed by atoms with Gasteiger partial charge in [-0.2, -0.15) is 0 Å². The number of rotatable bonds is 4. The Morgan fingerprint density at radius 3 is 2.46 bits per heavy atom. The van der Waals surface area contributed by atoms with Gasteiger partial charge in [-0.1, -0.05) is 26.8 Å². The summed E-state index contributed by atoms with van der Waals surface area (Å²) in [6.45, 7) is 6.06. The van der Waals surface area contributed by atoms with E-state index in [2.05, 4.69) is 31.1 Å². The minimum atomic E-state index is -0.403. The van der Waals surface area contributed by atoms with Crippen molar-refractivity contribution in [3.63, 3.8) is 0 Å². The molecule has 1 heterocycles. The summed E-state index contributed by atoms with van der Waals surface area (Å²) in [5.74, 6) is 0.704. The van der Waals surface area contributed by atoms with Gasteiger partial charge in [0, 0.05) is 17.7 Å². The molecule has 1 atom stereocenters. The number of carbonyl (C=O) groups excluding carboxylic acids is 2. The van der Waals surface area contributed by atoms with Crippen LogP contribution in [0.2, 0.25) is 0 Å². The second-order valence-electron chi connectivity index (χ2n) is 7.67. The molecule has 0 saturated heterocycles. The third-order valence-electron chi connectivity index (χ3n) is 4.53. The van der Waals surface area contributed by atoms with E-state index in [1.807, 2.05) is 6.08 Å². The van der Waals surface area contributed by atoms with Crippen LogP contribution in [0.3, 0.4) is 0 Å². The molecule has 0 saturated carbocycles. The molecule has 0 fully saturated rings. The van der Waals surface area contributed by atoms with Crippen molar-refractivity contribution >= 4 is 17.5 Å². The minimum Gasteiger partial charge on any atom is -0.497 e. The molecule has 0 radical (unpaired) electrons. The molecule has 0 aromatic heterocycles. The fourth-order valence-electron chi connectivity index (χ4n) is 3.14. The van der Waals surface area contributed by atoms with Gasteiger partial charge < -0.3 is 14.8 Å². The van der Waals surface area contributed by atoms with Crippen LogP contribution in [0.4, 0.5) is 0 Å². The summed E-state index contributed by atoms with van der Waals surface area (Å²) in [6, 6.07) is 6.97. The van der Waals surface area contributed by atoms with E-state index in [0.29, 0.717) is 17.2 Å². The smallest absolute Gasteiger partial charge is 0.284 e. The number of amides is 2. The van der Waals surface area contributed by atoms with Crippen LogP contribution in [0, 0.1) is 11.3 Å². The number of carbonyl (C=O) groups is 2. The third kappa shape index (κ3) is 4.57. The molecule has 28 heavy (non-hydrogen) atoms. The van der Waals surface area contributed by atoms with Crippen LogP contribution in [0.25, 0.3) is 0 Å². The Hall–Kier alpha value is -3.15. The van der Waals surface area contributed by atoms with Crippen LogP contribution in [-0.4, -0.2) is 31.2 Å². The molecule has 1 N–H and O–H groups in total. The first kappa shape index (κ1) is 19.6. The van der Waals surface area contributed by atoms with Gasteiger partial charge in [0.1, 0.15) is 11.5 Å². The van der Waals surface area contributed by atoms with Gasteiger partial charge in [-0.25, -0.2) is 4.99 Å². The highest BCUT2D eigenvalue weighted by atomic mass is 16.5. The van der Waals surface area contributed by atoms with E-state index < -0.39 is 5.91 Å². The van der Waals surface area contributed by atoms with Crippen molar-refractivity contribution < 1.29 is 19.1 Å². The zero-order chi connectivity index (χ0) is 20.3. The van der Waals surface area contributed by atoms with Crippen molar-refractivity contribution in [2.24, 2.45) is 16.3 Å². The maximum atomic E-state index is 12.2. The van der Waals surface area contributed by atoms with Crippen molar-refractivity contribution in [1.82, 2.24) is 5.32 Å². The lowest BCUT2D eigenvalue weighted by Crippen LogP contribution is -2.36. The van der Waals surface area contributed by atoms with E-state index in [1.165, 1.54) is 0 Å². The van der Waals surface area contributed by atoms with Crippen LogP contribution in [0.5, 0.6) is 11.5 Å². The normalized spacial score (nSPS) is 20.1. The van der Waals surface area contributed by atoms with Crippen LogP contribution >= 0.6 is 0 Å². The molecule has 3 rings (SSSR count). The van der Waals surface area contributed by atoms with E-state index in [1.54, 1.807) is 49.6 Å². The molecule has 1 aromatic rings. The molecule has 1 aliphatic carbocycles. The van der Waals surface area contributed by atoms with E-state index in [4.69, 9.17) is 9.47 Å². The first-order valence-electron chi connectivity index (χ1n) is 9.07. The Morgan fingerprint density at radius 2 is 1.82 bits per heavy atom. The third-order valence-corrected chi connectivity index (χ3v) is 4.53. The van der Waals surface area contributed by atoms with Crippen LogP contribution in [-0.2, 0) is 9.59 Å².